The van der Waals surface area contributed by atoms with E-state index in [1.165, 1.54) is 0 Å². The number of amides is 2. The lowest BCUT2D eigenvalue weighted by Gasteiger charge is -2.35. The number of rotatable bonds is 1. The van der Waals surface area contributed by atoms with Crippen LogP contribution in [0, 0.1) is 0 Å². The summed E-state index contributed by atoms with van der Waals surface area (Å²) in [4.78, 5) is 26.1. The zero-order chi connectivity index (χ0) is 12.9. The lowest BCUT2D eigenvalue weighted by Crippen LogP contribution is -2.56. The van der Waals surface area contributed by atoms with Crippen LogP contribution in [0.1, 0.15) is 39.5 Å². The van der Waals surface area contributed by atoms with Gasteiger partial charge in [0.15, 0.2) is 0 Å². The molecule has 1 N–H and O–H groups in total. The molecule has 5 nitrogen and oxygen atoms in total. The fourth-order valence-electron chi connectivity index (χ4n) is 3.40. The second-order valence-corrected chi connectivity index (χ2v) is 6.10. The summed E-state index contributed by atoms with van der Waals surface area (Å²) in [6.45, 7) is 4.07. The molecule has 5 heteroatoms. The lowest BCUT2D eigenvalue weighted by atomic mass is 9.92. The van der Waals surface area contributed by atoms with Crippen LogP contribution in [0.25, 0.3) is 0 Å². The van der Waals surface area contributed by atoms with Gasteiger partial charge in [0.1, 0.15) is 5.54 Å². The molecule has 3 heterocycles. The van der Waals surface area contributed by atoms with Crippen LogP contribution in [0.3, 0.4) is 0 Å². The van der Waals surface area contributed by atoms with Gasteiger partial charge in [-0.15, -0.1) is 0 Å². The summed E-state index contributed by atoms with van der Waals surface area (Å²) < 4.78 is 5.82. The molecular weight excluding hydrogens is 232 g/mol. The molecule has 0 aromatic rings. The normalized spacial score (nSPS) is 38.8. The number of nitrogens with one attached hydrogen (secondary N) is 1. The first kappa shape index (κ1) is 12.0. The average Bonchev–Trinajstić information content (AvgIpc) is 2.87. The molecule has 2 bridgehead atoms. The monoisotopic (exact) mass is 252 g/mol. The topological polar surface area (TPSA) is 58.6 Å². The molecule has 0 aromatic heterocycles. The quantitative estimate of drug-likeness (QED) is 0.736. The van der Waals surface area contributed by atoms with Gasteiger partial charge in [0.25, 0.3) is 0 Å². The number of fused-ring (bicyclic) bond motifs is 2. The lowest BCUT2D eigenvalue weighted by molar-refractivity contribution is -0.140. The third-order valence-electron chi connectivity index (χ3n) is 4.30. The number of ether oxygens (including phenoxy) is 1. The van der Waals surface area contributed by atoms with Crippen LogP contribution in [0.5, 0.6) is 0 Å². The molecule has 0 spiro atoms. The number of hydrogen-bond acceptors (Lipinski definition) is 3. The third-order valence-corrected chi connectivity index (χ3v) is 4.30. The number of carbonyl (C=O) groups excluding carboxylic acids is 2. The van der Waals surface area contributed by atoms with Crippen molar-refractivity contribution in [3.63, 3.8) is 0 Å². The second kappa shape index (κ2) is 3.95. The summed E-state index contributed by atoms with van der Waals surface area (Å²) in [5.74, 6) is -0.0191. The van der Waals surface area contributed by atoms with E-state index in [0.29, 0.717) is 19.1 Å². The maximum atomic E-state index is 12.5. The smallest absolute Gasteiger partial charge is 0.248 e. The van der Waals surface area contributed by atoms with Gasteiger partial charge in [-0.2, -0.15) is 0 Å². The van der Waals surface area contributed by atoms with E-state index in [0.717, 1.165) is 19.3 Å². The zero-order valence-electron chi connectivity index (χ0n) is 10.9. The van der Waals surface area contributed by atoms with Gasteiger partial charge in [-0.1, -0.05) is 0 Å². The van der Waals surface area contributed by atoms with Crippen molar-refractivity contribution < 1.29 is 14.3 Å². The van der Waals surface area contributed by atoms with Crippen molar-refractivity contribution >= 4 is 11.8 Å². The van der Waals surface area contributed by atoms with Gasteiger partial charge in [0.05, 0.1) is 18.2 Å². The van der Waals surface area contributed by atoms with Crippen LogP contribution in [-0.2, 0) is 14.3 Å². The molecule has 100 valence electrons. The number of hydrogen-bond donors (Lipinski definition) is 1. The molecule has 3 aliphatic heterocycles. The molecule has 3 fully saturated rings. The van der Waals surface area contributed by atoms with E-state index in [-0.39, 0.29) is 24.0 Å². The Morgan fingerprint density at radius 1 is 1.33 bits per heavy atom. The van der Waals surface area contributed by atoms with Crippen LogP contribution in [0.15, 0.2) is 0 Å². The van der Waals surface area contributed by atoms with Crippen LogP contribution < -0.4 is 5.32 Å². The summed E-state index contributed by atoms with van der Waals surface area (Å²) in [7, 11) is 0. The van der Waals surface area contributed by atoms with Gasteiger partial charge in [-0.3, -0.25) is 9.59 Å². The van der Waals surface area contributed by atoms with Crippen LogP contribution in [-0.4, -0.2) is 47.0 Å². The van der Waals surface area contributed by atoms with E-state index in [1.807, 2.05) is 4.90 Å². The fraction of sp³-hybridized carbons (Fsp3) is 0.846. The molecule has 3 saturated heterocycles. The highest BCUT2D eigenvalue weighted by Gasteiger charge is 2.48. The molecule has 3 rings (SSSR count). The van der Waals surface area contributed by atoms with Gasteiger partial charge in [0.2, 0.25) is 11.8 Å². The molecule has 0 aromatic carbocycles. The summed E-state index contributed by atoms with van der Waals surface area (Å²) in [6, 6.07) is 0.170. The standard InChI is InChI=1S/C13H20N2O3/c1-13(2)12(17)15(6-5-11(16)14-13)9-7-8-3-4-10(9)18-8/h8-10H,3-7H2,1-2H3,(H,14,16). The van der Waals surface area contributed by atoms with Crippen LogP contribution in [0.4, 0.5) is 0 Å². The zero-order valence-corrected chi connectivity index (χ0v) is 10.9. The van der Waals surface area contributed by atoms with Gasteiger partial charge < -0.3 is 15.0 Å². The molecular formula is C13H20N2O3. The van der Waals surface area contributed by atoms with E-state index >= 15 is 0 Å². The van der Waals surface area contributed by atoms with Gasteiger partial charge in [-0.05, 0) is 33.1 Å². The summed E-state index contributed by atoms with van der Waals surface area (Å²) >= 11 is 0. The maximum Gasteiger partial charge on any atom is 0.248 e. The SMILES string of the molecule is CC1(C)NC(=O)CCN(C2CC3CCC2O3)C1=O. The Kier molecular flexibility index (Phi) is 2.62. The summed E-state index contributed by atoms with van der Waals surface area (Å²) in [6.07, 6.45) is 3.99. The Morgan fingerprint density at radius 3 is 2.72 bits per heavy atom. The van der Waals surface area contributed by atoms with E-state index in [4.69, 9.17) is 4.74 Å². The van der Waals surface area contributed by atoms with Gasteiger partial charge >= 0.3 is 0 Å². The Morgan fingerprint density at radius 2 is 2.11 bits per heavy atom. The van der Waals surface area contributed by atoms with Crippen molar-refractivity contribution in [2.45, 2.75) is 63.3 Å². The van der Waals surface area contributed by atoms with Crippen molar-refractivity contribution in [2.24, 2.45) is 0 Å². The highest BCUT2D eigenvalue weighted by Crippen LogP contribution is 2.38. The fourth-order valence-corrected chi connectivity index (χ4v) is 3.40. The second-order valence-electron chi connectivity index (χ2n) is 6.10. The Bertz CT molecular complexity index is 394. The molecule has 0 aliphatic carbocycles. The molecule has 3 atom stereocenters. The van der Waals surface area contributed by atoms with Gasteiger partial charge in [-0.25, -0.2) is 0 Å². The highest BCUT2D eigenvalue weighted by molar-refractivity contribution is 5.93. The third kappa shape index (κ3) is 1.81. The molecule has 3 aliphatic rings. The van der Waals surface area contributed by atoms with E-state index in [2.05, 4.69) is 5.32 Å². The molecule has 18 heavy (non-hydrogen) atoms. The van der Waals surface area contributed by atoms with Crippen molar-refractivity contribution in [1.82, 2.24) is 10.2 Å². The minimum atomic E-state index is -0.796. The minimum Gasteiger partial charge on any atom is -0.373 e. The van der Waals surface area contributed by atoms with Crippen molar-refractivity contribution in [3.8, 4) is 0 Å². The predicted molar refractivity (Wildman–Crippen MR) is 64.9 cm³/mol. The minimum absolute atomic E-state index is 0.0227. The Balaban J connectivity index is 1.82. The van der Waals surface area contributed by atoms with Crippen molar-refractivity contribution in [3.05, 3.63) is 0 Å². The van der Waals surface area contributed by atoms with Crippen molar-refractivity contribution in [1.29, 1.82) is 0 Å². The first-order chi connectivity index (χ1) is 8.47. The first-order valence-corrected chi connectivity index (χ1v) is 6.75. The molecule has 2 amide bonds. The largest absolute Gasteiger partial charge is 0.373 e. The van der Waals surface area contributed by atoms with Crippen LogP contribution in [0.2, 0.25) is 0 Å². The predicted octanol–water partition coefficient (Wildman–Crippen LogP) is 0.433. The van der Waals surface area contributed by atoms with E-state index in [9.17, 15) is 9.59 Å². The maximum absolute atomic E-state index is 12.5. The van der Waals surface area contributed by atoms with Crippen LogP contribution >= 0.6 is 0 Å². The van der Waals surface area contributed by atoms with E-state index < -0.39 is 5.54 Å². The molecule has 3 unspecified atom stereocenters. The first-order valence-electron chi connectivity index (χ1n) is 6.75. The van der Waals surface area contributed by atoms with Crippen molar-refractivity contribution in [2.75, 3.05) is 6.54 Å². The Labute approximate surface area is 107 Å². The molecule has 0 saturated carbocycles. The number of nitrogens with zero attached hydrogens (tertiary/aromatic N) is 1. The highest BCUT2D eigenvalue weighted by atomic mass is 16.5. The number of carbonyl (C=O) groups is 2. The molecule has 0 radical (unpaired) electrons. The summed E-state index contributed by atoms with van der Waals surface area (Å²) in [5.41, 5.74) is -0.796. The van der Waals surface area contributed by atoms with Gasteiger partial charge in [0, 0.05) is 13.0 Å². The summed E-state index contributed by atoms with van der Waals surface area (Å²) in [5, 5.41) is 2.79. The average molecular weight is 252 g/mol. The Hall–Kier alpha value is -1.10. The van der Waals surface area contributed by atoms with E-state index in [1.54, 1.807) is 13.8 Å².